The Bertz CT molecular complexity index is 4090. The average molecular weight is 956 g/mol. The fourth-order valence-electron chi connectivity index (χ4n) is 12.6. The first-order chi connectivity index (χ1) is 36.9. The van der Waals surface area contributed by atoms with Crippen molar-refractivity contribution < 1.29 is 0 Å². The molecule has 0 radical (unpaired) electrons. The number of hydrogen-bond acceptors (Lipinski definition) is 1. The molecular formula is C74H53N. The highest BCUT2D eigenvalue weighted by molar-refractivity contribution is 5.91. The van der Waals surface area contributed by atoms with Crippen LogP contribution in [0.15, 0.2) is 285 Å². The van der Waals surface area contributed by atoms with Crippen molar-refractivity contribution in [3.8, 4) is 66.8 Å². The summed E-state index contributed by atoms with van der Waals surface area (Å²) in [6.07, 6.45) is 0. The van der Waals surface area contributed by atoms with Gasteiger partial charge in [-0.2, -0.15) is 0 Å². The van der Waals surface area contributed by atoms with E-state index in [9.17, 15) is 0 Å². The van der Waals surface area contributed by atoms with E-state index in [2.05, 4.69) is 304 Å². The molecule has 0 saturated heterocycles. The molecule has 0 saturated carbocycles. The first-order valence-electron chi connectivity index (χ1n) is 26.2. The molecule has 12 aromatic rings. The van der Waals surface area contributed by atoms with Gasteiger partial charge in [-0.1, -0.05) is 238 Å². The van der Waals surface area contributed by atoms with Gasteiger partial charge in [-0.3, -0.25) is 0 Å². The summed E-state index contributed by atoms with van der Waals surface area (Å²) in [5, 5.41) is 2.51. The zero-order chi connectivity index (χ0) is 50.1. The van der Waals surface area contributed by atoms with Crippen molar-refractivity contribution in [2.75, 3.05) is 4.90 Å². The summed E-state index contributed by atoms with van der Waals surface area (Å²) in [7, 11) is 0. The fraction of sp³-hybridized carbons (Fsp3) is 0.0541. The Morgan fingerprint density at radius 2 is 0.653 bits per heavy atom. The van der Waals surface area contributed by atoms with Crippen LogP contribution in [0, 0.1) is 0 Å². The van der Waals surface area contributed by atoms with Gasteiger partial charge in [0, 0.05) is 22.5 Å². The second-order valence-electron chi connectivity index (χ2n) is 20.8. The molecule has 0 N–H and O–H groups in total. The molecular weight excluding hydrogens is 903 g/mol. The summed E-state index contributed by atoms with van der Waals surface area (Å²) < 4.78 is 0. The minimum absolute atomic E-state index is 0.136. The van der Waals surface area contributed by atoms with E-state index < -0.39 is 5.41 Å². The van der Waals surface area contributed by atoms with Crippen molar-refractivity contribution in [2.24, 2.45) is 0 Å². The quantitative estimate of drug-likeness (QED) is 0.139. The lowest BCUT2D eigenvalue weighted by atomic mass is 9.67. The van der Waals surface area contributed by atoms with Crippen LogP contribution in [-0.4, -0.2) is 0 Å². The molecule has 0 fully saturated rings. The van der Waals surface area contributed by atoms with E-state index in [1.807, 2.05) is 0 Å². The van der Waals surface area contributed by atoms with E-state index >= 15 is 0 Å². The molecule has 1 heteroatoms. The number of hydrogen-bond donors (Lipinski definition) is 0. The Hall–Kier alpha value is -9.30. The summed E-state index contributed by atoms with van der Waals surface area (Å²) in [6, 6.07) is 106. The van der Waals surface area contributed by atoms with Gasteiger partial charge in [-0.25, -0.2) is 0 Å². The van der Waals surface area contributed by atoms with Crippen LogP contribution in [0.2, 0.25) is 0 Å². The van der Waals surface area contributed by atoms with Crippen molar-refractivity contribution in [3.05, 3.63) is 318 Å². The third-order valence-electron chi connectivity index (χ3n) is 16.3. The van der Waals surface area contributed by atoms with Gasteiger partial charge in [-0.15, -0.1) is 0 Å². The largest absolute Gasteiger partial charge is 0.310 e. The van der Waals surface area contributed by atoms with Crippen LogP contribution < -0.4 is 4.90 Å². The molecule has 12 aromatic carbocycles. The van der Waals surface area contributed by atoms with Gasteiger partial charge in [-0.05, 0) is 172 Å². The smallest absolute Gasteiger partial charge is 0.0713 e. The van der Waals surface area contributed by atoms with E-state index in [1.54, 1.807) is 0 Å². The van der Waals surface area contributed by atoms with Crippen LogP contribution in [0.4, 0.5) is 17.1 Å². The second-order valence-corrected chi connectivity index (χ2v) is 20.8. The first-order valence-corrected chi connectivity index (χ1v) is 26.2. The number of rotatable bonds is 9. The fourth-order valence-corrected chi connectivity index (χ4v) is 12.6. The van der Waals surface area contributed by atoms with E-state index in [4.69, 9.17) is 0 Å². The molecule has 354 valence electrons. The molecule has 0 unspecified atom stereocenters. The summed E-state index contributed by atoms with van der Waals surface area (Å²) in [5.41, 5.74) is 25.4. The molecule has 0 amide bonds. The Morgan fingerprint density at radius 3 is 1.27 bits per heavy atom. The number of nitrogens with zero attached hydrogens (tertiary/aromatic N) is 1. The molecule has 0 heterocycles. The first kappa shape index (κ1) is 44.4. The maximum absolute atomic E-state index is 2.46. The minimum atomic E-state index is -0.459. The van der Waals surface area contributed by atoms with E-state index in [-0.39, 0.29) is 5.41 Å². The molecule has 2 aliphatic rings. The number of anilines is 3. The Kier molecular flexibility index (Phi) is 10.5. The lowest BCUT2D eigenvalue weighted by Gasteiger charge is -2.34. The van der Waals surface area contributed by atoms with Gasteiger partial charge in [0.2, 0.25) is 0 Å². The molecule has 14 rings (SSSR count). The summed E-state index contributed by atoms with van der Waals surface area (Å²) in [4.78, 5) is 2.43. The second kappa shape index (κ2) is 17.7. The van der Waals surface area contributed by atoms with E-state index in [1.165, 1.54) is 111 Å². The normalized spacial score (nSPS) is 13.4. The maximum Gasteiger partial charge on any atom is 0.0713 e. The van der Waals surface area contributed by atoms with Crippen LogP contribution in [0.1, 0.15) is 47.2 Å². The van der Waals surface area contributed by atoms with Gasteiger partial charge < -0.3 is 4.90 Å². The zero-order valence-electron chi connectivity index (χ0n) is 42.1. The predicted molar refractivity (Wildman–Crippen MR) is 315 cm³/mol. The maximum atomic E-state index is 2.46. The number of fused-ring (bicyclic) bond motifs is 7. The van der Waals surface area contributed by atoms with Crippen molar-refractivity contribution in [3.63, 3.8) is 0 Å². The van der Waals surface area contributed by atoms with Gasteiger partial charge in [0.05, 0.1) is 5.41 Å². The van der Waals surface area contributed by atoms with Crippen LogP contribution in [0.5, 0.6) is 0 Å². The van der Waals surface area contributed by atoms with Gasteiger partial charge in [0.15, 0.2) is 0 Å². The van der Waals surface area contributed by atoms with E-state index in [0.717, 1.165) is 17.1 Å². The molecule has 75 heavy (non-hydrogen) atoms. The molecule has 0 spiro atoms. The molecule has 0 atom stereocenters. The molecule has 0 aromatic heterocycles. The molecule has 0 aliphatic heterocycles. The highest BCUT2D eigenvalue weighted by Crippen LogP contribution is 2.57. The van der Waals surface area contributed by atoms with Crippen molar-refractivity contribution in [2.45, 2.75) is 24.7 Å². The minimum Gasteiger partial charge on any atom is -0.310 e. The van der Waals surface area contributed by atoms with Gasteiger partial charge >= 0.3 is 0 Å². The van der Waals surface area contributed by atoms with Crippen LogP contribution >= 0.6 is 0 Å². The van der Waals surface area contributed by atoms with Crippen molar-refractivity contribution >= 4 is 27.8 Å². The van der Waals surface area contributed by atoms with Crippen LogP contribution in [0.3, 0.4) is 0 Å². The Balaban J connectivity index is 0.838. The van der Waals surface area contributed by atoms with E-state index in [0.29, 0.717) is 0 Å². The lowest BCUT2D eigenvalue weighted by Crippen LogP contribution is -2.28. The van der Waals surface area contributed by atoms with Gasteiger partial charge in [0.1, 0.15) is 0 Å². The molecule has 1 nitrogen and oxygen atoms in total. The zero-order valence-corrected chi connectivity index (χ0v) is 42.1. The highest BCUT2D eigenvalue weighted by atomic mass is 15.1. The molecule has 2 aliphatic carbocycles. The Labute approximate surface area is 440 Å². The average Bonchev–Trinajstić information content (AvgIpc) is 4.01. The predicted octanol–water partition coefficient (Wildman–Crippen LogP) is 19.6. The topological polar surface area (TPSA) is 3.24 Å². The van der Waals surface area contributed by atoms with Crippen LogP contribution in [-0.2, 0) is 10.8 Å². The summed E-state index contributed by atoms with van der Waals surface area (Å²) in [5.74, 6) is 0. The van der Waals surface area contributed by atoms with Crippen molar-refractivity contribution in [1.29, 1.82) is 0 Å². The number of benzene rings is 12. The standard InChI is InChI=1S/C74H53N/c1-73(2)69-29-13-11-27-65(69)67-44-42-64(49-71(67)73)75(62-38-33-51(34-39-62)54-19-15-20-55(45-54)56-21-16-22-57(47-56)58-32-31-50-17-9-10-18-53(50)46-58)63-40-35-52(36-41-63)59-37-43-68-66-28-12-14-30-70(66)74(72(68)48-59,60-23-5-3-6-24-60)61-25-7-4-8-26-61/h3-49H,1-2H3. The third-order valence-corrected chi connectivity index (χ3v) is 16.3. The lowest BCUT2D eigenvalue weighted by molar-refractivity contribution is 0.660. The Morgan fingerprint density at radius 1 is 0.240 bits per heavy atom. The summed E-state index contributed by atoms with van der Waals surface area (Å²) >= 11 is 0. The SMILES string of the molecule is CC1(C)c2ccccc2-c2ccc(N(c3ccc(-c4cccc(-c5cccc(-c6ccc7ccccc7c6)c5)c4)cc3)c3ccc(-c4ccc5c(c4)C(c4ccccc4)(c4ccccc4)c4ccccc4-5)cc3)cc21. The monoisotopic (exact) mass is 955 g/mol. The third kappa shape index (κ3) is 7.30. The highest BCUT2D eigenvalue weighted by Gasteiger charge is 2.46. The van der Waals surface area contributed by atoms with Crippen LogP contribution in [0.25, 0.3) is 77.5 Å². The van der Waals surface area contributed by atoms with Gasteiger partial charge in [0.25, 0.3) is 0 Å². The summed E-state index contributed by atoms with van der Waals surface area (Å²) in [6.45, 7) is 4.73. The van der Waals surface area contributed by atoms with Crippen molar-refractivity contribution in [1.82, 2.24) is 0 Å². The molecule has 0 bridgehead atoms.